The molecule has 3 rings (SSSR count). The molecule has 2 N–H and O–H groups in total. The highest BCUT2D eigenvalue weighted by atomic mass is 127. The van der Waals surface area contributed by atoms with Gasteiger partial charge < -0.3 is 15.4 Å². The summed E-state index contributed by atoms with van der Waals surface area (Å²) in [5.74, 6) is 2.66. The van der Waals surface area contributed by atoms with Crippen LogP contribution < -0.4 is 10.6 Å². The molecule has 1 saturated carbocycles. The van der Waals surface area contributed by atoms with Crippen molar-refractivity contribution in [2.75, 3.05) is 13.1 Å². The molecule has 2 aliphatic heterocycles. The molecule has 5 unspecified atom stereocenters. The maximum Gasteiger partial charge on any atom is 0.191 e. The van der Waals surface area contributed by atoms with E-state index in [2.05, 4.69) is 24.5 Å². The Morgan fingerprint density at radius 3 is 2.68 bits per heavy atom. The smallest absolute Gasteiger partial charge is 0.191 e. The highest BCUT2D eigenvalue weighted by molar-refractivity contribution is 14.0. The van der Waals surface area contributed by atoms with E-state index in [0.29, 0.717) is 18.2 Å². The molecule has 0 spiro atoms. The minimum absolute atomic E-state index is 0. The molecule has 0 amide bonds. The summed E-state index contributed by atoms with van der Waals surface area (Å²) in [6.07, 6.45) is 9.99. The van der Waals surface area contributed by atoms with Gasteiger partial charge in [-0.05, 0) is 50.9 Å². The van der Waals surface area contributed by atoms with Crippen molar-refractivity contribution in [3.63, 3.8) is 0 Å². The Bertz CT molecular complexity index is 377. The minimum atomic E-state index is 0. The lowest BCUT2D eigenvalue weighted by Gasteiger charge is -2.26. The summed E-state index contributed by atoms with van der Waals surface area (Å²) < 4.78 is 5.93. The lowest BCUT2D eigenvalue weighted by Crippen LogP contribution is -2.47. The highest BCUT2D eigenvalue weighted by Crippen LogP contribution is 2.34. The van der Waals surface area contributed by atoms with Crippen LogP contribution in [0.15, 0.2) is 4.99 Å². The topological polar surface area (TPSA) is 45.7 Å². The number of nitrogens with one attached hydrogen (secondary N) is 2. The molecule has 5 heteroatoms. The van der Waals surface area contributed by atoms with Crippen molar-refractivity contribution in [1.82, 2.24) is 10.6 Å². The van der Waals surface area contributed by atoms with Crippen molar-refractivity contribution in [1.29, 1.82) is 0 Å². The number of hydrogen-bond acceptors (Lipinski definition) is 2. The fourth-order valence-electron chi connectivity index (χ4n) is 4.23. The number of fused-ring (bicyclic) bond motifs is 2. The van der Waals surface area contributed by atoms with Crippen LogP contribution in [-0.2, 0) is 4.74 Å². The van der Waals surface area contributed by atoms with E-state index in [9.17, 15) is 0 Å². The third kappa shape index (κ3) is 4.73. The molecule has 1 aliphatic carbocycles. The lowest BCUT2D eigenvalue weighted by molar-refractivity contribution is 0.0992. The monoisotopic (exact) mass is 421 g/mol. The third-order valence-corrected chi connectivity index (χ3v) is 5.32. The second-order valence-electron chi connectivity index (χ2n) is 7.22. The zero-order valence-corrected chi connectivity index (χ0v) is 16.3. The van der Waals surface area contributed by atoms with Gasteiger partial charge in [-0.2, -0.15) is 0 Å². The van der Waals surface area contributed by atoms with Gasteiger partial charge >= 0.3 is 0 Å². The summed E-state index contributed by atoms with van der Waals surface area (Å²) in [4.78, 5) is 4.86. The van der Waals surface area contributed by atoms with Gasteiger partial charge in [-0.1, -0.05) is 19.8 Å². The Morgan fingerprint density at radius 2 is 2.05 bits per heavy atom. The van der Waals surface area contributed by atoms with E-state index in [-0.39, 0.29) is 24.0 Å². The molecular formula is C17H32IN3O. The second-order valence-corrected chi connectivity index (χ2v) is 7.22. The number of hydrogen-bond donors (Lipinski definition) is 2. The molecule has 0 radical (unpaired) electrons. The van der Waals surface area contributed by atoms with E-state index < -0.39 is 0 Å². The van der Waals surface area contributed by atoms with E-state index in [4.69, 9.17) is 9.73 Å². The van der Waals surface area contributed by atoms with Crippen LogP contribution >= 0.6 is 24.0 Å². The number of guanidine groups is 1. The van der Waals surface area contributed by atoms with E-state index in [1.54, 1.807) is 0 Å². The molecule has 2 saturated heterocycles. The molecule has 0 aromatic heterocycles. The van der Waals surface area contributed by atoms with Crippen molar-refractivity contribution in [3.05, 3.63) is 0 Å². The quantitative estimate of drug-likeness (QED) is 0.416. The average molecular weight is 421 g/mol. The van der Waals surface area contributed by atoms with Crippen LogP contribution in [0.3, 0.4) is 0 Å². The molecule has 22 heavy (non-hydrogen) atoms. The van der Waals surface area contributed by atoms with E-state index >= 15 is 0 Å². The standard InChI is InChI=1S/C17H31N3O.HI/c1-3-18-17(19-11-13-6-4-5-12(2)9-13)20-15-10-14-7-8-16(15)21-14;/h12-16H,3-11H2,1-2H3,(H2,18,19,20);1H. The largest absolute Gasteiger partial charge is 0.373 e. The van der Waals surface area contributed by atoms with Crippen LogP contribution in [0.25, 0.3) is 0 Å². The number of halogens is 1. The fourth-order valence-corrected chi connectivity index (χ4v) is 4.23. The highest BCUT2D eigenvalue weighted by Gasteiger charge is 2.41. The predicted octanol–water partition coefficient (Wildman–Crippen LogP) is 3.31. The van der Waals surface area contributed by atoms with Gasteiger partial charge in [0.05, 0.1) is 18.2 Å². The summed E-state index contributed by atoms with van der Waals surface area (Å²) in [6.45, 7) is 6.42. The second kappa shape index (κ2) is 8.71. The molecule has 128 valence electrons. The lowest BCUT2D eigenvalue weighted by atomic mass is 9.82. The van der Waals surface area contributed by atoms with Gasteiger partial charge in [-0.25, -0.2) is 0 Å². The zero-order chi connectivity index (χ0) is 14.7. The van der Waals surface area contributed by atoms with Gasteiger partial charge in [-0.3, -0.25) is 4.99 Å². The first kappa shape index (κ1) is 18.3. The maximum atomic E-state index is 5.93. The van der Waals surface area contributed by atoms with Crippen molar-refractivity contribution in [2.24, 2.45) is 16.8 Å². The Hall–Kier alpha value is -0.0400. The molecule has 2 bridgehead atoms. The summed E-state index contributed by atoms with van der Waals surface area (Å²) >= 11 is 0. The first-order valence-electron chi connectivity index (χ1n) is 8.95. The van der Waals surface area contributed by atoms with Crippen LogP contribution in [0.1, 0.15) is 58.8 Å². The summed E-state index contributed by atoms with van der Waals surface area (Å²) in [5, 5.41) is 7.02. The van der Waals surface area contributed by atoms with Gasteiger partial charge in [0.25, 0.3) is 0 Å². The number of rotatable bonds is 4. The van der Waals surface area contributed by atoms with Gasteiger partial charge in [0, 0.05) is 13.1 Å². The molecule has 4 nitrogen and oxygen atoms in total. The van der Waals surface area contributed by atoms with Crippen molar-refractivity contribution in [2.45, 2.75) is 77.0 Å². The van der Waals surface area contributed by atoms with Crippen molar-refractivity contribution >= 4 is 29.9 Å². The van der Waals surface area contributed by atoms with Crippen LogP contribution in [0.4, 0.5) is 0 Å². The minimum Gasteiger partial charge on any atom is -0.373 e. The molecular weight excluding hydrogens is 389 g/mol. The molecule has 3 fully saturated rings. The predicted molar refractivity (Wildman–Crippen MR) is 102 cm³/mol. The van der Waals surface area contributed by atoms with Crippen LogP contribution in [0.5, 0.6) is 0 Å². The Balaban J connectivity index is 0.00000176. The Kier molecular flexibility index (Phi) is 7.25. The van der Waals surface area contributed by atoms with E-state index in [1.165, 1.54) is 38.5 Å². The van der Waals surface area contributed by atoms with Gasteiger partial charge in [0.1, 0.15) is 0 Å². The molecule has 2 heterocycles. The average Bonchev–Trinajstić information content (AvgIpc) is 3.08. The fraction of sp³-hybridized carbons (Fsp3) is 0.941. The maximum absolute atomic E-state index is 5.93. The summed E-state index contributed by atoms with van der Waals surface area (Å²) in [6, 6.07) is 0.465. The molecule has 0 aromatic carbocycles. The Morgan fingerprint density at radius 1 is 1.18 bits per heavy atom. The van der Waals surface area contributed by atoms with E-state index in [1.807, 2.05) is 0 Å². The Labute approximate surface area is 152 Å². The van der Waals surface area contributed by atoms with Gasteiger partial charge in [0.15, 0.2) is 5.96 Å². The van der Waals surface area contributed by atoms with E-state index in [0.717, 1.165) is 37.3 Å². The molecule has 5 atom stereocenters. The van der Waals surface area contributed by atoms with Crippen molar-refractivity contribution < 1.29 is 4.74 Å². The first-order valence-corrected chi connectivity index (χ1v) is 8.95. The summed E-state index contributed by atoms with van der Waals surface area (Å²) in [7, 11) is 0. The number of nitrogens with zero attached hydrogens (tertiary/aromatic N) is 1. The van der Waals surface area contributed by atoms with Crippen LogP contribution in [0.2, 0.25) is 0 Å². The first-order chi connectivity index (χ1) is 10.2. The molecule has 3 aliphatic rings. The normalized spacial score (nSPS) is 37.7. The zero-order valence-electron chi connectivity index (χ0n) is 14.0. The van der Waals surface area contributed by atoms with Gasteiger partial charge in [-0.15, -0.1) is 24.0 Å². The summed E-state index contributed by atoms with van der Waals surface area (Å²) in [5.41, 5.74) is 0. The molecule has 0 aromatic rings. The SMILES string of the molecule is CCNC(=NCC1CCCC(C)C1)NC1CC2CCC1O2.I. The van der Waals surface area contributed by atoms with Gasteiger partial charge in [0.2, 0.25) is 0 Å². The van der Waals surface area contributed by atoms with Crippen LogP contribution in [0, 0.1) is 11.8 Å². The van der Waals surface area contributed by atoms with Crippen molar-refractivity contribution in [3.8, 4) is 0 Å². The number of ether oxygens (including phenoxy) is 1. The third-order valence-electron chi connectivity index (χ3n) is 5.32. The van der Waals surface area contributed by atoms with Crippen LogP contribution in [-0.4, -0.2) is 37.3 Å². The number of aliphatic imine (C=N–C) groups is 1.